The summed E-state index contributed by atoms with van der Waals surface area (Å²) in [5.74, 6) is 1.16. The maximum Gasteiger partial charge on any atom is 0.0549 e. The first-order valence-corrected chi connectivity index (χ1v) is 11.3. The van der Waals surface area contributed by atoms with Crippen LogP contribution in [0.15, 0.2) is 39.5 Å². The van der Waals surface area contributed by atoms with E-state index in [0.29, 0.717) is 11.8 Å². The van der Waals surface area contributed by atoms with Crippen LogP contribution in [0.25, 0.3) is 0 Å². The lowest BCUT2D eigenvalue weighted by molar-refractivity contribution is 0.175. The minimum atomic E-state index is 0.108. The number of hydrogen-bond donors (Lipinski definition) is 2. The maximum atomic E-state index is 5.76. The van der Waals surface area contributed by atoms with Crippen LogP contribution in [0, 0.1) is 11.3 Å². The van der Waals surface area contributed by atoms with Gasteiger partial charge in [-0.1, -0.05) is 72.6 Å². The Morgan fingerprint density at radius 3 is 2.33 bits per heavy atom. The van der Waals surface area contributed by atoms with Crippen molar-refractivity contribution in [1.82, 2.24) is 5.32 Å². The second-order valence-electron chi connectivity index (χ2n) is 7.94. The fourth-order valence-corrected chi connectivity index (χ4v) is 4.06. The molecule has 0 aliphatic carbocycles. The van der Waals surface area contributed by atoms with Gasteiger partial charge in [-0.25, -0.2) is 0 Å². The summed E-state index contributed by atoms with van der Waals surface area (Å²) in [5.41, 5.74) is 9.29. The lowest BCUT2D eigenvalue weighted by atomic mass is 9.70. The summed E-state index contributed by atoms with van der Waals surface area (Å²) in [5, 5.41) is 3.83. The van der Waals surface area contributed by atoms with Crippen molar-refractivity contribution in [2.24, 2.45) is 22.1 Å². The van der Waals surface area contributed by atoms with Crippen molar-refractivity contribution in [1.29, 1.82) is 0 Å². The van der Waals surface area contributed by atoms with E-state index in [-0.39, 0.29) is 11.5 Å². The highest BCUT2D eigenvalue weighted by Gasteiger charge is 2.34. The summed E-state index contributed by atoms with van der Waals surface area (Å²) in [6.07, 6.45) is 7.33. The van der Waals surface area contributed by atoms with E-state index in [9.17, 15) is 0 Å². The molecule has 0 aromatic heterocycles. The number of allylic oxidation sites excluding steroid dienone is 2. The van der Waals surface area contributed by atoms with Crippen molar-refractivity contribution in [2.45, 2.75) is 86.6 Å². The number of nitrogens with two attached hydrogens (primary N) is 1. The van der Waals surface area contributed by atoms with Crippen LogP contribution < -0.4 is 11.1 Å². The monoisotopic (exact) mass is 393 g/mol. The Bertz CT molecular complexity index is 532. The van der Waals surface area contributed by atoms with Gasteiger partial charge in [-0.2, -0.15) is 0 Å². The number of unbranched alkanes of at least 4 members (excludes halogenated alkanes) is 1. The zero-order valence-electron chi connectivity index (χ0n) is 18.8. The van der Waals surface area contributed by atoms with Crippen molar-refractivity contribution in [3.05, 3.63) is 34.5 Å². The Balaban J connectivity index is 5.81. The smallest absolute Gasteiger partial charge is 0.0549 e. The number of nitrogens with one attached hydrogen (secondary N) is 1. The molecule has 3 nitrogen and oxygen atoms in total. The van der Waals surface area contributed by atoms with E-state index in [1.54, 1.807) is 11.8 Å². The van der Waals surface area contributed by atoms with E-state index in [2.05, 4.69) is 78.1 Å². The SMILES string of the molecule is C=N/C(C/C(=C/CCC)NC(C(=C)C)C(C)(C)C(C)CC)=C(/CC)SCN. The standard InChI is InChI=1S/C23H43N3S/c1-10-13-14-19(15-20(25-9)21(12-3)27-16-24)26-22(17(4)5)23(7,8)18(6)11-2/h14,18,22,26H,4,9-13,15-16,24H2,1-3,5-8H3/b19-14-,21-20-. The third-order valence-corrected chi connectivity index (χ3v) is 6.62. The molecule has 2 unspecified atom stereocenters. The molecule has 0 aliphatic heterocycles. The fraction of sp³-hybridized carbons (Fsp3) is 0.696. The van der Waals surface area contributed by atoms with E-state index < -0.39 is 0 Å². The number of thioether (sulfide) groups is 1. The minimum absolute atomic E-state index is 0.108. The summed E-state index contributed by atoms with van der Waals surface area (Å²) in [6.45, 7) is 23.9. The van der Waals surface area contributed by atoms with Crippen molar-refractivity contribution < 1.29 is 0 Å². The molecule has 0 saturated carbocycles. The van der Waals surface area contributed by atoms with E-state index in [1.165, 1.54) is 16.2 Å². The molecule has 27 heavy (non-hydrogen) atoms. The van der Waals surface area contributed by atoms with Crippen molar-refractivity contribution in [2.75, 3.05) is 5.88 Å². The number of nitrogens with zero attached hydrogens (tertiary/aromatic N) is 1. The summed E-state index contributed by atoms with van der Waals surface area (Å²) in [6, 6.07) is 0.217. The molecular formula is C23H43N3S. The minimum Gasteiger partial charge on any atom is -0.381 e. The third-order valence-electron chi connectivity index (χ3n) is 5.58. The van der Waals surface area contributed by atoms with Crippen LogP contribution in [0.3, 0.4) is 0 Å². The molecule has 0 bridgehead atoms. The van der Waals surface area contributed by atoms with E-state index in [1.807, 2.05) is 0 Å². The molecular weight excluding hydrogens is 350 g/mol. The van der Waals surface area contributed by atoms with Crippen molar-refractivity contribution in [3.8, 4) is 0 Å². The average Bonchev–Trinajstić information content (AvgIpc) is 2.64. The van der Waals surface area contributed by atoms with Gasteiger partial charge in [-0.3, -0.25) is 4.99 Å². The molecule has 0 heterocycles. The van der Waals surface area contributed by atoms with Gasteiger partial charge in [0.1, 0.15) is 0 Å². The Morgan fingerprint density at radius 1 is 1.30 bits per heavy atom. The molecule has 0 fully saturated rings. The molecule has 156 valence electrons. The molecule has 2 atom stereocenters. The summed E-state index contributed by atoms with van der Waals surface area (Å²) in [7, 11) is 0. The number of hydrogen-bond acceptors (Lipinski definition) is 4. The van der Waals surface area contributed by atoms with Gasteiger partial charge in [0.2, 0.25) is 0 Å². The maximum absolute atomic E-state index is 5.76. The van der Waals surface area contributed by atoms with Gasteiger partial charge in [0.05, 0.1) is 11.7 Å². The molecule has 0 spiro atoms. The molecule has 4 heteroatoms. The zero-order chi connectivity index (χ0) is 21.0. The van der Waals surface area contributed by atoms with E-state index >= 15 is 0 Å². The summed E-state index contributed by atoms with van der Waals surface area (Å²) < 4.78 is 0. The van der Waals surface area contributed by atoms with E-state index in [4.69, 9.17) is 5.73 Å². The largest absolute Gasteiger partial charge is 0.381 e. The van der Waals surface area contributed by atoms with Gasteiger partial charge < -0.3 is 11.1 Å². The zero-order valence-corrected chi connectivity index (χ0v) is 19.6. The molecule has 3 N–H and O–H groups in total. The van der Waals surface area contributed by atoms with Gasteiger partial charge in [0.15, 0.2) is 0 Å². The van der Waals surface area contributed by atoms with Crippen LogP contribution in [-0.4, -0.2) is 18.6 Å². The topological polar surface area (TPSA) is 50.4 Å². The van der Waals surface area contributed by atoms with Crippen LogP contribution in [0.2, 0.25) is 0 Å². The number of aliphatic imine (C=N–C) groups is 1. The van der Waals surface area contributed by atoms with Crippen LogP contribution in [0.5, 0.6) is 0 Å². The second-order valence-corrected chi connectivity index (χ2v) is 9.06. The van der Waals surface area contributed by atoms with Gasteiger partial charge in [-0.05, 0) is 37.8 Å². The van der Waals surface area contributed by atoms with Gasteiger partial charge in [0.25, 0.3) is 0 Å². The molecule has 0 amide bonds. The molecule has 0 aliphatic rings. The van der Waals surface area contributed by atoms with Crippen LogP contribution >= 0.6 is 11.8 Å². The number of rotatable bonds is 14. The highest BCUT2D eigenvalue weighted by molar-refractivity contribution is 8.03. The van der Waals surface area contributed by atoms with Crippen molar-refractivity contribution in [3.63, 3.8) is 0 Å². The second kappa shape index (κ2) is 13.2. The predicted octanol–water partition coefficient (Wildman–Crippen LogP) is 6.64. The average molecular weight is 394 g/mol. The van der Waals surface area contributed by atoms with Crippen LogP contribution in [0.1, 0.15) is 80.6 Å². The Kier molecular flexibility index (Phi) is 12.7. The first kappa shape index (κ1) is 26.0. The highest BCUT2D eigenvalue weighted by atomic mass is 32.2. The first-order valence-electron chi connectivity index (χ1n) is 10.3. The van der Waals surface area contributed by atoms with E-state index in [0.717, 1.165) is 37.8 Å². The quantitative estimate of drug-likeness (QED) is 0.197. The molecule has 0 saturated heterocycles. The molecule has 0 aromatic carbocycles. The van der Waals surface area contributed by atoms with Gasteiger partial charge in [-0.15, -0.1) is 11.8 Å². The van der Waals surface area contributed by atoms with Gasteiger partial charge >= 0.3 is 0 Å². The van der Waals surface area contributed by atoms with Crippen LogP contribution in [-0.2, 0) is 0 Å². The van der Waals surface area contributed by atoms with Crippen LogP contribution in [0.4, 0.5) is 0 Å². The van der Waals surface area contributed by atoms with Gasteiger partial charge in [0, 0.05) is 22.9 Å². The molecule has 0 aromatic rings. The molecule has 0 rings (SSSR count). The Labute approximate surface area is 173 Å². The normalized spacial score (nSPS) is 15.8. The summed E-state index contributed by atoms with van der Waals surface area (Å²) >= 11 is 1.67. The predicted molar refractivity (Wildman–Crippen MR) is 126 cm³/mol. The lowest BCUT2D eigenvalue weighted by Crippen LogP contribution is -2.45. The highest BCUT2D eigenvalue weighted by Crippen LogP contribution is 2.36. The summed E-state index contributed by atoms with van der Waals surface area (Å²) in [4.78, 5) is 5.57. The van der Waals surface area contributed by atoms with Crippen molar-refractivity contribution >= 4 is 18.5 Å². The lowest BCUT2D eigenvalue weighted by Gasteiger charge is -2.41. The first-order chi connectivity index (χ1) is 12.7. The third kappa shape index (κ3) is 8.27. The Morgan fingerprint density at radius 2 is 1.93 bits per heavy atom. The Hall–Kier alpha value is -1.00. The molecule has 0 radical (unpaired) electrons. The fourth-order valence-electron chi connectivity index (χ4n) is 3.35.